The fourth-order valence-electron chi connectivity index (χ4n) is 2.37. The monoisotopic (exact) mass is 275 g/mol. The average molecular weight is 276 g/mol. The molecule has 0 spiro atoms. The lowest BCUT2D eigenvalue weighted by Gasteiger charge is -2.28. The first-order valence-electron chi connectivity index (χ1n) is 5.90. The van der Waals surface area contributed by atoms with E-state index >= 15 is 0 Å². The van der Waals surface area contributed by atoms with E-state index in [1.54, 1.807) is 6.07 Å². The van der Waals surface area contributed by atoms with E-state index < -0.39 is 0 Å². The fraction of sp³-hybridized carbons (Fsp3) is 0.538. The van der Waals surface area contributed by atoms with Crippen LogP contribution >= 0.6 is 23.2 Å². The number of benzene rings is 1. The molecule has 1 nitrogen and oxygen atoms in total. The molecule has 0 bridgehead atoms. The summed E-state index contributed by atoms with van der Waals surface area (Å²) in [5, 5.41) is 4.04. The molecule has 0 radical (unpaired) electrons. The normalized spacial score (nSPS) is 18.5. The molecule has 0 saturated heterocycles. The van der Waals surface area contributed by atoms with Crippen molar-refractivity contribution in [2.24, 2.45) is 0 Å². The Balaban J connectivity index is 2.03. The molecular formula is C13H16Cl2FN. The van der Waals surface area contributed by atoms with Gasteiger partial charge in [-0.15, -0.1) is 11.6 Å². The van der Waals surface area contributed by atoms with Crippen molar-refractivity contribution in [3.8, 4) is 0 Å². The van der Waals surface area contributed by atoms with Gasteiger partial charge in [0.05, 0.1) is 0 Å². The number of nitrogens with one attached hydrogen (secondary N) is 1. The van der Waals surface area contributed by atoms with Crippen LogP contribution in [0.1, 0.15) is 31.2 Å². The maximum Gasteiger partial charge on any atom is 0.123 e. The molecule has 2 rings (SSSR count). The van der Waals surface area contributed by atoms with Gasteiger partial charge in [-0.2, -0.15) is 0 Å². The Labute approximate surface area is 111 Å². The minimum absolute atomic E-state index is 0.0111. The van der Waals surface area contributed by atoms with Gasteiger partial charge < -0.3 is 5.32 Å². The molecule has 1 aliphatic rings. The van der Waals surface area contributed by atoms with Crippen LogP contribution in [-0.2, 0) is 6.54 Å². The van der Waals surface area contributed by atoms with Crippen molar-refractivity contribution < 1.29 is 4.39 Å². The molecule has 0 atom stereocenters. The Kier molecular flexibility index (Phi) is 4.29. The lowest BCUT2D eigenvalue weighted by Crippen LogP contribution is -2.43. The number of halogens is 3. The van der Waals surface area contributed by atoms with Crippen LogP contribution in [-0.4, -0.2) is 11.4 Å². The van der Waals surface area contributed by atoms with E-state index in [1.807, 2.05) is 0 Å². The predicted octanol–water partition coefficient (Wildman–Crippen LogP) is 4.12. The highest BCUT2D eigenvalue weighted by atomic mass is 35.5. The Morgan fingerprint density at radius 2 is 2.00 bits per heavy atom. The van der Waals surface area contributed by atoms with Crippen molar-refractivity contribution in [2.75, 3.05) is 5.88 Å². The maximum absolute atomic E-state index is 13.1. The molecule has 1 aromatic carbocycles. The summed E-state index contributed by atoms with van der Waals surface area (Å²) in [7, 11) is 0. The van der Waals surface area contributed by atoms with Crippen LogP contribution in [0.4, 0.5) is 4.39 Å². The molecule has 0 aliphatic heterocycles. The molecule has 0 heterocycles. The van der Waals surface area contributed by atoms with Gasteiger partial charge in [0.1, 0.15) is 5.82 Å². The summed E-state index contributed by atoms with van der Waals surface area (Å²) in [4.78, 5) is 0. The maximum atomic E-state index is 13.1. The Morgan fingerprint density at radius 1 is 1.29 bits per heavy atom. The SMILES string of the molecule is Fc1ccc(Cl)c(CNC2(CCl)CCCC2)c1. The second kappa shape index (κ2) is 5.55. The number of hydrogen-bond donors (Lipinski definition) is 1. The van der Waals surface area contributed by atoms with E-state index in [9.17, 15) is 4.39 Å². The van der Waals surface area contributed by atoms with Crippen molar-refractivity contribution in [3.05, 3.63) is 34.6 Å². The van der Waals surface area contributed by atoms with Crippen LogP contribution in [0.2, 0.25) is 5.02 Å². The highest BCUT2D eigenvalue weighted by molar-refractivity contribution is 6.31. The van der Waals surface area contributed by atoms with E-state index in [1.165, 1.54) is 25.0 Å². The highest BCUT2D eigenvalue weighted by Crippen LogP contribution is 2.31. The first-order valence-corrected chi connectivity index (χ1v) is 6.81. The molecule has 0 aromatic heterocycles. The summed E-state index contributed by atoms with van der Waals surface area (Å²) >= 11 is 12.1. The van der Waals surface area contributed by atoms with E-state index in [2.05, 4.69) is 5.32 Å². The smallest absolute Gasteiger partial charge is 0.123 e. The minimum Gasteiger partial charge on any atom is -0.306 e. The van der Waals surface area contributed by atoms with E-state index in [-0.39, 0.29) is 11.4 Å². The number of alkyl halides is 1. The van der Waals surface area contributed by atoms with Crippen LogP contribution < -0.4 is 5.32 Å². The van der Waals surface area contributed by atoms with Crippen LogP contribution in [0, 0.1) is 5.82 Å². The first kappa shape index (κ1) is 13.1. The molecule has 1 N–H and O–H groups in total. The Bertz CT molecular complexity index is 389. The standard InChI is InChI=1S/C13H16Cl2FN/c14-9-13(5-1-2-6-13)17-8-10-7-11(16)3-4-12(10)15/h3-4,7,17H,1-2,5-6,8-9H2. The van der Waals surface area contributed by atoms with Gasteiger partial charge in [0, 0.05) is 23.0 Å². The summed E-state index contributed by atoms with van der Waals surface area (Å²) in [6, 6.07) is 4.45. The second-order valence-corrected chi connectivity index (χ2v) is 5.38. The van der Waals surface area contributed by atoms with Crippen molar-refractivity contribution in [3.63, 3.8) is 0 Å². The number of rotatable bonds is 4. The predicted molar refractivity (Wildman–Crippen MR) is 70.2 cm³/mol. The third kappa shape index (κ3) is 3.12. The van der Waals surface area contributed by atoms with Gasteiger partial charge in [0.15, 0.2) is 0 Å². The molecule has 1 fully saturated rings. The zero-order chi connectivity index (χ0) is 12.3. The van der Waals surface area contributed by atoms with Crippen molar-refractivity contribution in [1.82, 2.24) is 5.32 Å². The minimum atomic E-state index is -0.252. The molecule has 94 valence electrons. The molecule has 17 heavy (non-hydrogen) atoms. The van der Waals surface area contributed by atoms with Crippen LogP contribution in [0.5, 0.6) is 0 Å². The van der Waals surface area contributed by atoms with Gasteiger partial charge in [0.25, 0.3) is 0 Å². The van der Waals surface area contributed by atoms with Gasteiger partial charge in [0.2, 0.25) is 0 Å². The summed E-state index contributed by atoms with van der Waals surface area (Å²) in [5.41, 5.74) is 0.806. The molecule has 4 heteroatoms. The lowest BCUT2D eigenvalue weighted by molar-refractivity contribution is 0.367. The average Bonchev–Trinajstić information content (AvgIpc) is 2.80. The van der Waals surface area contributed by atoms with E-state index in [4.69, 9.17) is 23.2 Å². The van der Waals surface area contributed by atoms with Crippen LogP contribution in [0.25, 0.3) is 0 Å². The zero-order valence-electron chi connectivity index (χ0n) is 9.61. The Morgan fingerprint density at radius 3 is 2.65 bits per heavy atom. The summed E-state index contributed by atoms with van der Waals surface area (Å²) in [6.45, 7) is 0.573. The second-order valence-electron chi connectivity index (χ2n) is 4.71. The molecule has 1 aromatic rings. The van der Waals surface area contributed by atoms with Gasteiger partial charge in [-0.05, 0) is 36.6 Å². The highest BCUT2D eigenvalue weighted by Gasteiger charge is 2.32. The zero-order valence-corrected chi connectivity index (χ0v) is 11.1. The number of hydrogen-bond acceptors (Lipinski definition) is 1. The van der Waals surface area contributed by atoms with Crippen molar-refractivity contribution >= 4 is 23.2 Å². The van der Waals surface area contributed by atoms with Gasteiger partial charge in [-0.1, -0.05) is 24.4 Å². The quantitative estimate of drug-likeness (QED) is 0.816. The lowest BCUT2D eigenvalue weighted by atomic mass is 10.00. The largest absolute Gasteiger partial charge is 0.306 e. The Hall–Kier alpha value is -0.310. The molecular weight excluding hydrogens is 260 g/mol. The molecule has 1 aliphatic carbocycles. The van der Waals surface area contributed by atoms with Crippen LogP contribution in [0.15, 0.2) is 18.2 Å². The third-order valence-electron chi connectivity index (χ3n) is 3.48. The van der Waals surface area contributed by atoms with Crippen LogP contribution in [0.3, 0.4) is 0 Å². The van der Waals surface area contributed by atoms with E-state index in [0.717, 1.165) is 18.4 Å². The summed E-state index contributed by atoms with van der Waals surface area (Å²) in [6.07, 6.45) is 4.58. The molecule has 0 unspecified atom stereocenters. The summed E-state index contributed by atoms with van der Waals surface area (Å²) in [5.74, 6) is 0.345. The first-order chi connectivity index (χ1) is 8.15. The van der Waals surface area contributed by atoms with Gasteiger partial charge in [-0.3, -0.25) is 0 Å². The summed E-state index contributed by atoms with van der Waals surface area (Å²) < 4.78 is 13.1. The van der Waals surface area contributed by atoms with E-state index in [0.29, 0.717) is 17.4 Å². The van der Waals surface area contributed by atoms with Gasteiger partial charge >= 0.3 is 0 Å². The van der Waals surface area contributed by atoms with Crippen molar-refractivity contribution in [1.29, 1.82) is 0 Å². The third-order valence-corrected chi connectivity index (χ3v) is 4.36. The van der Waals surface area contributed by atoms with Gasteiger partial charge in [-0.25, -0.2) is 4.39 Å². The fourth-order valence-corrected chi connectivity index (χ4v) is 2.92. The molecule has 0 amide bonds. The molecule has 1 saturated carbocycles. The van der Waals surface area contributed by atoms with Crippen molar-refractivity contribution in [2.45, 2.75) is 37.8 Å². The topological polar surface area (TPSA) is 12.0 Å².